The molecule has 2 unspecified atom stereocenters. The van der Waals surface area contributed by atoms with Crippen molar-refractivity contribution in [2.75, 3.05) is 13.2 Å². The van der Waals surface area contributed by atoms with Crippen molar-refractivity contribution in [3.05, 3.63) is 0 Å². The summed E-state index contributed by atoms with van der Waals surface area (Å²) in [5, 5.41) is 0. The third kappa shape index (κ3) is 2.17. The molecule has 11 heavy (non-hydrogen) atoms. The van der Waals surface area contributed by atoms with Gasteiger partial charge in [0.05, 0.1) is 12.7 Å². The van der Waals surface area contributed by atoms with Gasteiger partial charge in [0.15, 0.2) is 0 Å². The fourth-order valence-corrected chi connectivity index (χ4v) is 1.51. The van der Waals surface area contributed by atoms with Gasteiger partial charge in [0.25, 0.3) is 0 Å². The zero-order valence-electron chi connectivity index (χ0n) is 7.76. The first-order chi connectivity index (χ1) is 5.05. The van der Waals surface area contributed by atoms with Crippen LogP contribution in [-0.4, -0.2) is 19.3 Å². The molecule has 2 N–H and O–H groups in total. The van der Waals surface area contributed by atoms with Crippen molar-refractivity contribution in [1.29, 1.82) is 0 Å². The van der Waals surface area contributed by atoms with Crippen LogP contribution in [0.5, 0.6) is 0 Å². The van der Waals surface area contributed by atoms with E-state index >= 15 is 0 Å². The summed E-state index contributed by atoms with van der Waals surface area (Å²) in [6, 6.07) is 0. The molecule has 0 spiro atoms. The van der Waals surface area contributed by atoms with E-state index in [1.165, 1.54) is 0 Å². The molecule has 2 nitrogen and oxygen atoms in total. The number of hydrogen-bond donors (Lipinski definition) is 1. The van der Waals surface area contributed by atoms with E-state index in [9.17, 15) is 0 Å². The van der Waals surface area contributed by atoms with Gasteiger partial charge in [0.2, 0.25) is 0 Å². The highest BCUT2D eigenvalue weighted by atomic mass is 16.5. The van der Waals surface area contributed by atoms with Crippen molar-refractivity contribution in [2.24, 2.45) is 17.1 Å². The minimum Gasteiger partial charge on any atom is -0.377 e. The Morgan fingerprint density at radius 1 is 1.64 bits per heavy atom. The largest absolute Gasteiger partial charge is 0.377 e. The Kier molecular flexibility index (Phi) is 2.55. The molecule has 0 bridgehead atoms. The van der Waals surface area contributed by atoms with Gasteiger partial charge in [-0.1, -0.05) is 20.8 Å². The lowest BCUT2D eigenvalue weighted by molar-refractivity contribution is 0.0661. The summed E-state index contributed by atoms with van der Waals surface area (Å²) in [5.74, 6) is 0.511. The SMILES string of the molecule is CC(CN)C1CC(C)(C)CO1. The molecule has 1 saturated heterocycles. The number of nitrogens with two attached hydrogens (primary N) is 1. The Morgan fingerprint density at radius 3 is 2.64 bits per heavy atom. The van der Waals surface area contributed by atoms with E-state index in [2.05, 4.69) is 20.8 Å². The summed E-state index contributed by atoms with van der Waals surface area (Å²) in [5.41, 5.74) is 5.93. The van der Waals surface area contributed by atoms with Crippen LogP contribution in [0, 0.1) is 11.3 Å². The maximum Gasteiger partial charge on any atom is 0.0618 e. The van der Waals surface area contributed by atoms with E-state index in [1.54, 1.807) is 0 Å². The highest BCUT2D eigenvalue weighted by molar-refractivity contribution is 4.83. The van der Waals surface area contributed by atoms with Crippen LogP contribution in [0.3, 0.4) is 0 Å². The van der Waals surface area contributed by atoms with Gasteiger partial charge < -0.3 is 10.5 Å². The molecule has 66 valence electrons. The maximum atomic E-state index is 5.64. The molecule has 0 aliphatic carbocycles. The first kappa shape index (κ1) is 9.01. The first-order valence-electron chi connectivity index (χ1n) is 4.37. The lowest BCUT2D eigenvalue weighted by atomic mass is 9.87. The van der Waals surface area contributed by atoms with Gasteiger partial charge in [0, 0.05) is 0 Å². The average molecular weight is 157 g/mol. The predicted molar refractivity (Wildman–Crippen MR) is 46.4 cm³/mol. The van der Waals surface area contributed by atoms with Gasteiger partial charge in [-0.3, -0.25) is 0 Å². The van der Waals surface area contributed by atoms with Crippen LogP contribution in [0.15, 0.2) is 0 Å². The monoisotopic (exact) mass is 157 g/mol. The van der Waals surface area contributed by atoms with Gasteiger partial charge in [-0.25, -0.2) is 0 Å². The molecule has 0 saturated carbocycles. The van der Waals surface area contributed by atoms with Gasteiger partial charge in [-0.05, 0) is 24.3 Å². The number of ether oxygens (including phenoxy) is 1. The quantitative estimate of drug-likeness (QED) is 0.657. The van der Waals surface area contributed by atoms with Crippen LogP contribution < -0.4 is 5.73 Å². The van der Waals surface area contributed by atoms with E-state index in [-0.39, 0.29) is 0 Å². The smallest absolute Gasteiger partial charge is 0.0618 e. The summed E-state index contributed by atoms with van der Waals surface area (Å²) < 4.78 is 5.64. The second-order valence-corrected chi connectivity index (χ2v) is 4.43. The molecule has 1 aliphatic rings. The van der Waals surface area contributed by atoms with Gasteiger partial charge in [-0.15, -0.1) is 0 Å². The lowest BCUT2D eigenvalue weighted by Crippen LogP contribution is -2.25. The molecule has 0 aromatic heterocycles. The fourth-order valence-electron chi connectivity index (χ4n) is 1.51. The lowest BCUT2D eigenvalue weighted by Gasteiger charge is -2.17. The summed E-state index contributed by atoms with van der Waals surface area (Å²) in [6.45, 7) is 8.28. The van der Waals surface area contributed by atoms with Gasteiger partial charge >= 0.3 is 0 Å². The van der Waals surface area contributed by atoms with E-state index < -0.39 is 0 Å². The summed E-state index contributed by atoms with van der Waals surface area (Å²) >= 11 is 0. The molecule has 2 atom stereocenters. The number of hydrogen-bond acceptors (Lipinski definition) is 2. The topological polar surface area (TPSA) is 35.2 Å². The van der Waals surface area contributed by atoms with Crippen molar-refractivity contribution in [3.8, 4) is 0 Å². The number of rotatable bonds is 2. The molecular formula is C9H19NO. The standard InChI is InChI=1S/C9H19NO/c1-7(5-10)8-4-9(2,3)6-11-8/h7-8H,4-6,10H2,1-3H3. The first-order valence-corrected chi connectivity index (χ1v) is 4.37. The van der Waals surface area contributed by atoms with Crippen LogP contribution >= 0.6 is 0 Å². The van der Waals surface area contributed by atoms with Crippen LogP contribution in [0.1, 0.15) is 27.2 Å². The van der Waals surface area contributed by atoms with Crippen molar-refractivity contribution in [2.45, 2.75) is 33.3 Å². The maximum absolute atomic E-state index is 5.64. The highest BCUT2D eigenvalue weighted by Gasteiger charge is 2.34. The molecule has 0 amide bonds. The Morgan fingerprint density at radius 2 is 2.27 bits per heavy atom. The van der Waals surface area contributed by atoms with Crippen LogP contribution in [0.2, 0.25) is 0 Å². The van der Waals surface area contributed by atoms with Crippen molar-refractivity contribution >= 4 is 0 Å². The molecule has 0 aromatic rings. The van der Waals surface area contributed by atoms with Crippen LogP contribution in [-0.2, 0) is 4.74 Å². The summed E-state index contributed by atoms with van der Waals surface area (Å²) in [6.07, 6.45) is 1.56. The van der Waals surface area contributed by atoms with Crippen molar-refractivity contribution in [1.82, 2.24) is 0 Å². The second-order valence-electron chi connectivity index (χ2n) is 4.43. The zero-order valence-corrected chi connectivity index (χ0v) is 7.76. The predicted octanol–water partition coefficient (Wildman–Crippen LogP) is 1.40. The van der Waals surface area contributed by atoms with E-state index in [4.69, 9.17) is 10.5 Å². The average Bonchev–Trinajstić information content (AvgIpc) is 2.29. The normalized spacial score (nSPS) is 32.2. The Hall–Kier alpha value is -0.0800. The summed E-state index contributed by atoms with van der Waals surface area (Å²) in [7, 11) is 0. The molecule has 1 fully saturated rings. The Bertz CT molecular complexity index is 134. The highest BCUT2D eigenvalue weighted by Crippen LogP contribution is 2.34. The third-order valence-corrected chi connectivity index (χ3v) is 2.45. The molecule has 0 aromatic carbocycles. The molecule has 1 rings (SSSR count). The fraction of sp³-hybridized carbons (Fsp3) is 1.00. The van der Waals surface area contributed by atoms with E-state index in [0.717, 1.165) is 19.6 Å². The van der Waals surface area contributed by atoms with Crippen molar-refractivity contribution < 1.29 is 4.74 Å². The second kappa shape index (κ2) is 3.11. The zero-order chi connectivity index (χ0) is 8.48. The van der Waals surface area contributed by atoms with Crippen LogP contribution in [0.4, 0.5) is 0 Å². The van der Waals surface area contributed by atoms with Crippen LogP contribution in [0.25, 0.3) is 0 Å². The molecular weight excluding hydrogens is 138 g/mol. The van der Waals surface area contributed by atoms with Gasteiger partial charge in [-0.2, -0.15) is 0 Å². The molecule has 2 heteroatoms. The Labute approximate surface area is 69.1 Å². The summed E-state index contributed by atoms with van der Waals surface area (Å²) in [4.78, 5) is 0. The van der Waals surface area contributed by atoms with E-state index in [1.807, 2.05) is 0 Å². The van der Waals surface area contributed by atoms with Crippen molar-refractivity contribution in [3.63, 3.8) is 0 Å². The molecule has 1 heterocycles. The van der Waals surface area contributed by atoms with E-state index in [0.29, 0.717) is 17.4 Å². The minimum absolute atomic E-state index is 0.369. The minimum atomic E-state index is 0.369. The Balaban J connectivity index is 2.41. The molecule has 0 radical (unpaired) electrons. The van der Waals surface area contributed by atoms with Gasteiger partial charge in [0.1, 0.15) is 0 Å². The third-order valence-electron chi connectivity index (χ3n) is 2.45. The molecule has 1 aliphatic heterocycles.